The Hall–Kier alpha value is -2.07. The van der Waals surface area contributed by atoms with E-state index in [0.29, 0.717) is 22.2 Å². The summed E-state index contributed by atoms with van der Waals surface area (Å²) in [6, 6.07) is 8.01. The fourth-order valence-electron chi connectivity index (χ4n) is 2.46. The summed E-state index contributed by atoms with van der Waals surface area (Å²) in [6.07, 6.45) is 0.744. The lowest BCUT2D eigenvalue weighted by atomic mass is 10.1. The van der Waals surface area contributed by atoms with Crippen molar-refractivity contribution in [1.29, 1.82) is 0 Å². The predicted molar refractivity (Wildman–Crippen MR) is 82.2 cm³/mol. The lowest BCUT2D eigenvalue weighted by molar-refractivity contribution is 0.112. The molecule has 4 nitrogen and oxygen atoms in total. The van der Waals surface area contributed by atoms with E-state index in [1.54, 1.807) is 0 Å². The number of nitrogens with zero attached hydrogens (tertiary/aromatic N) is 3. The number of halogens is 1. The molecule has 0 unspecified atom stereocenters. The maximum Gasteiger partial charge on any atom is 0.210 e. The van der Waals surface area contributed by atoms with Crippen molar-refractivity contribution in [3.8, 4) is 0 Å². The van der Waals surface area contributed by atoms with Gasteiger partial charge in [-0.25, -0.2) is 4.98 Å². The molecule has 102 valence electrons. The zero-order valence-corrected chi connectivity index (χ0v) is 12.3. The number of carbonyl (C=O) groups is 1. The van der Waals surface area contributed by atoms with Gasteiger partial charge in [0.15, 0.2) is 6.29 Å². The number of hydrogen-bond donors (Lipinski definition) is 0. The van der Waals surface area contributed by atoms with E-state index >= 15 is 0 Å². The Morgan fingerprint density at radius 2 is 2.05 bits per heavy atom. The third-order valence-electron chi connectivity index (χ3n) is 3.33. The van der Waals surface area contributed by atoms with Crippen LogP contribution in [0.3, 0.4) is 0 Å². The summed E-state index contributed by atoms with van der Waals surface area (Å²) >= 11 is 6.35. The van der Waals surface area contributed by atoms with Crippen LogP contribution >= 0.6 is 11.6 Å². The highest BCUT2D eigenvalue weighted by atomic mass is 35.5. The number of imidazole rings is 1. The second kappa shape index (κ2) is 4.49. The first-order valence-corrected chi connectivity index (χ1v) is 6.64. The highest BCUT2D eigenvalue weighted by molar-refractivity contribution is 6.35. The van der Waals surface area contributed by atoms with Crippen LogP contribution in [0, 0.1) is 6.92 Å². The molecule has 20 heavy (non-hydrogen) atoms. The zero-order valence-electron chi connectivity index (χ0n) is 11.5. The number of aromatic nitrogens is 2. The predicted octanol–water partition coefficient (Wildman–Crippen LogP) is 3.33. The van der Waals surface area contributed by atoms with Crippen LogP contribution in [0.5, 0.6) is 0 Å². The van der Waals surface area contributed by atoms with Crippen LogP contribution in [-0.4, -0.2) is 29.8 Å². The molecule has 0 aliphatic heterocycles. The lowest BCUT2D eigenvalue weighted by Gasteiger charge is -2.13. The van der Waals surface area contributed by atoms with Crippen molar-refractivity contribution >= 4 is 40.3 Å². The summed E-state index contributed by atoms with van der Waals surface area (Å²) in [4.78, 5) is 17.5. The fourth-order valence-corrected chi connectivity index (χ4v) is 2.76. The molecule has 0 saturated carbocycles. The van der Waals surface area contributed by atoms with Gasteiger partial charge in [-0.15, -0.1) is 0 Å². The minimum Gasteiger partial charge on any atom is -0.348 e. The fraction of sp³-hybridized carbons (Fsp3) is 0.200. The highest BCUT2D eigenvalue weighted by Crippen LogP contribution is 2.31. The second-order valence-electron chi connectivity index (χ2n) is 5.05. The summed E-state index contributed by atoms with van der Waals surface area (Å²) in [5, 5.41) is 1.56. The van der Waals surface area contributed by atoms with E-state index in [-0.39, 0.29) is 0 Å². The van der Waals surface area contributed by atoms with Crippen molar-refractivity contribution in [3.05, 3.63) is 40.5 Å². The van der Waals surface area contributed by atoms with Crippen LogP contribution in [0.1, 0.15) is 16.1 Å². The SMILES string of the molecule is Cc1ccc2c(c1)cc(Cl)c1c(C=O)nc(N(C)C)n12. The van der Waals surface area contributed by atoms with E-state index < -0.39 is 0 Å². The molecule has 5 heteroatoms. The molecule has 0 aliphatic carbocycles. The molecule has 0 atom stereocenters. The second-order valence-corrected chi connectivity index (χ2v) is 5.46. The monoisotopic (exact) mass is 287 g/mol. The summed E-state index contributed by atoms with van der Waals surface area (Å²) in [5.74, 6) is 0.693. The molecule has 0 bridgehead atoms. The molecule has 0 N–H and O–H groups in total. The Balaban J connectivity index is 2.59. The van der Waals surface area contributed by atoms with Gasteiger partial charge in [-0.05, 0) is 25.1 Å². The number of carbonyl (C=O) groups excluding carboxylic acids is 1. The number of benzene rings is 1. The largest absolute Gasteiger partial charge is 0.348 e. The molecule has 0 amide bonds. The van der Waals surface area contributed by atoms with Crippen molar-refractivity contribution in [2.75, 3.05) is 19.0 Å². The topological polar surface area (TPSA) is 37.6 Å². The quantitative estimate of drug-likeness (QED) is 0.679. The van der Waals surface area contributed by atoms with Gasteiger partial charge in [0.2, 0.25) is 5.95 Å². The van der Waals surface area contributed by atoms with Crippen molar-refractivity contribution in [2.24, 2.45) is 0 Å². The van der Waals surface area contributed by atoms with Gasteiger partial charge in [0.05, 0.1) is 16.1 Å². The van der Waals surface area contributed by atoms with Gasteiger partial charge < -0.3 is 4.90 Å². The number of aldehydes is 1. The molecule has 2 aromatic heterocycles. The molecule has 0 fully saturated rings. The molecule has 0 spiro atoms. The lowest BCUT2D eigenvalue weighted by Crippen LogP contribution is -2.12. The van der Waals surface area contributed by atoms with Gasteiger partial charge in [-0.1, -0.05) is 23.2 Å². The van der Waals surface area contributed by atoms with Gasteiger partial charge in [0, 0.05) is 19.5 Å². The van der Waals surface area contributed by atoms with E-state index in [0.717, 1.165) is 22.8 Å². The van der Waals surface area contributed by atoms with E-state index in [9.17, 15) is 4.79 Å². The standard InChI is InChI=1S/C15H14ClN3O/c1-9-4-5-13-10(6-9)7-11(16)14-12(8-20)17-15(18(2)3)19(13)14/h4-8H,1-3H3. The van der Waals surface area contributed by atoms with Gasteiger partial charge in [-0.2, -0.15) is 0 Å². The summed E-state index contributed by atoms with van der Waals surface area (Å²) < 4.78 is 1.93. The number of hydrogen-bond acceptors (Lipinski definition) is 3. The van der Waals surface area contributed by atoms with Gasteiger partial charge in [0.25, 0.3) is 0 Å². The number of rotatable bonds is 2. The molecule has 0 radical (unpaired) electrons. The Labute approximate surface area is 121 Å². The van der Waals surface area contributed by atoms with Gasteiger partial charge in [0.1, 0.15) is 5.69 Å². The van der Waals surface area contributed by atoms with Crippen LogP contribution in [0.4, 0.5) is 5.95 Å². The normalized spacial score (nSPS) is 11.2. The zero-order chi connectivity index (χ0) is 14.4. The average molecular weight is 288 g/mol. The summed E-state index contributed by atoms with van der Waals surface area (Å²) in [6.45, 7) is 2.04. The number of pyridine rings is 1. The minimum absolute atomic E-state index is 0.362. The maximum atomic E-state index is 11.2. The van der Waals surface area contributed by atoms with E-state index in [2.05, 4.69) is 11.1 Å². The van der Waals surface area contributed by atoms with Gasteiger partial charge >= 0.3 is 0 Å². The minimum atomic E-state index is 0.362. The molecule has 2 heterocycles. The van der Waals surface area contributed by atoms with Crippen molar-refractivity contribution in [3.63, 3.8) is 0 Å². The smallest absolute Gasteiger partial charge is 0.210 e. The molecule has 0 aliphatic rings. The Morgan fingerprint density at radius 3 is 2.70 bits per heavy atom. The first-order chi connectivity index (χ1) is 9.52. The third kappa shape index (κ3) is 1.76. The highest BCUT2D eigenvalue weighted by Gasteiger charge is 2.17. The number of aryl methyl sites for hydroxylation is 1. The summed E-state index contributed by atoms with van der Waals surface area (Å²) in [7, 11) is 3.79. The molecule has 3 aromatic rings. The first-order valence-electron chi connectivity index (χ1n) is 6.26. The van der Waals surface area contributed by atoms with Gasteiger partial charge in [-0.3, -0.25) is 9.20 Å². The van der Waals surface area contributed by atoms with Crippen LogP contribution in [0.25, 0.3) is 16.4 Å². The van der Waals surface area contributed by atoms with Crippen molar-refractivity contribution < 1.29 is 4.79 Å². The van der Waals surface area contributed by atoms with Crippen LogP contribution in [-0.2, 0) is 0 Å². The molecule has 1 aromatic carbocycles. The third-order valence-corrected chi connectivity index (χ3v) is 3.62. The first kappa shape index (κ1) is 12.9. The van der Waals surface area contributed by atoms with Crippen LogP contribution in [0.2, 0.25) is 5.02 Å². The van der Waals surface area contributed by atoms with E-state index in [4.69, 9.17) is 11.6 Å². The Bertz CT molecular complexity index is 836. The van der Waals surface area contributed by atoms with E-state index in [1.165, 1.54) is 0 Å². The summed E-state index contributed by atoms with van der Waals surface area (Å²) in [5.41, 5.74) is 3.16. The molecule has 0 saturated heterocycles. The maximum absolute atomic E-state index is 11.2. The van der Waals surface area contributed by atoms with Crippen LogP contribution in [0.15, 0.2) is 24.3 Å². The number of anilines is 1. The van der Waals surface area contributed by atoms with Crippen molar-refractivity contribution in [2.45, 2.75) is 6.92 Å². The molecule has 3 rings (SSSR count). The van der Waals surface area contributed by atoms with Crippen molar-refractivity contribution in [1.82, 2.24) is 9.38 Å². The average Bonchev–Trinajstić information content (AvgIpc) is 2.78. The van der Waals surface area contributed by atoms with E-state index in [1.807, 2.05) is 48.5 Å². The molecular formula is C15H14ClN3O. The van der Waals surface area contributed by atoms with Crippen LogP contribution < -0.4 is 4.90 Å². The molecular weight excluding hydrogens is 274 g/mol. The number of fused-ring (bicyclic) bond motifs is 3. The Morgan fingerprint density at radius 1 is 1.30 bits per heavy atom. The Kier molecular flexibility index (Phi) is 2.91.